The fourth-order valence-electron chi connectivity index (χ4n) is 5.47. The average Bonchev–Trinajstić information content (AvgIpc) is 3.11. The Balaban J connectivity index is 3.50. The van der Waals surface area contributed by atoms with Crippen LogP contribution in [0, 0.1) is 0 Å². The minimum absolute atomic E-state index is 0.186. The molecule has 282 valence electrons. The van der Waals surface area contributed by atoms with E-state index in [1.165, 1.54) is 89.9 Å². The first-order chi connectivity index (χ1) is 24.2. The molecule has 1 atom stereocenters. The zero-order chi connectivity index (χ0) is 35.6. The number of aliphatic hydroxyl groups excluding tert-OH is 1. The van der Waals surface area contributed by atoms with E-state index in [2.05, 4.69) is 86.8 Å². The lowest BCUT2D eigenvalue weighted by Gasteiger charge is -2.15. The molecular weight excluding hydrogens is 604 g/mol. The van der Waals surface area contributed by atoms with Gasteiger partial charge in [-0.1, -0.05) is 164 Å². The van der Waals surface area contributed by atoms with Crippen LogP contribution < -0.4 is 0 Å². The van der Waals surface area contributed by atoms with Crippen molar-refractivity contribution in [1.29, 1.82) is 0 Å². The second kappa shape index (κ2) is 42.0. The highest BCUT2D eigenvalue weighted by atomic mass is 16.6. The van der Waals surface area contributed by atoms with Gasteiger partial charge >= 0.3 is 5.97 Å². The number of aliphatic hydroxyl groups is 1. The van der Waals surface area contributed by atoms with Crippen molar-refractivity contribution in [2.24, 2.45) is 0 Å². The van der Waals surface area contributed by atoms with Gasteiger partial charge in [-0.15, -0.1) is 0 Å². The van der Waals surface area contributed by atoms with Crippen molar-refractivity contribution in [3.8, 4) is 0 Å². The molecule has 0 aliphatic rings. The zero-order valence-electron chi connectivity index (χ0n) is 32.2. The van der Waals surface area contributed by atoms with Gasteiger partial charge in [0.2, 0.25) is 0 Å². The molecule has 0 fully saturated rings. The van der Waals surface area contributed by atoms with Gasteiger partial charge in [0.15, 0.2) is 0 Å². The number of unbranched alkanes of at least 4 members (excludes halogenated alkanes) is 17. The minimum atomic E-state index is -0.552. The van der Waals surface area contributed by atoms with Gasteiger partial charge in [-0.05, 0) is 83.5 Å². The standard InChI is InChI=1S/C45H78O4/c1-3-5-7-9-11-13-15-17-19-21-22-23-25-27-29-31-33-35-37-39-41-48-43-44(42-46)49-45(47)40-38-36-34-32-30-28-26-24-20-18-16-14-12-10-8-6-4-2/h6,8,11-14,17-20,26,28,44,46H,3-5,7,9-10,15-16,21-25,27,29-43H2,1-2H3/b8-6-,13-11-,14-12-,19-17-,20-18-,28-26-. The fraction of sp³-hybridized carbons (Fsp3) is 0.711. The van der Waals surface area contributed by atoms with Crippen LogP contribution in [-0.2, 0) is 14.3 Å². The maximum atomic E-state index is 12.2. The molecule has 1 N–H and O–H groups in total. The third-order valence-corrected chi connectivity index (χ3v) is 8.52. The first-order valence-electron chi connectivity index (χ1n) is 20.5. The SMILES string of the molecule is CC/C=C\C/C=C\C/C=C\C/C=C\CCCCCCC(=O)OC(CO)COCCCCCCCCCCCC/C=C\C/C=C\CCCCC. The maximum absolute atomic E-state index is 12.2. The molecule has 0 aromatic rings. The van der Waals surface area contributed by atoms with Gasteiger partial charge in [-0.3, -0.25) is 4.79 Å². The highest BCUT2D eigenvalue weighted by Gasteiger charge is 2.13. The van der Waals surface area contributed by atoms with E-state index < -0.39 is 6.10 Å². The number of esters is 1. The molecule has 4 heteroatoms. The molecule has 0 saturated carbocycles. The Morgan fingerprint density at radius 2 is 0.918 bits per heavy atom. The van der Waals surface area contributed by atoms with Crippen LogP contribution in [0.1, 0.15) is 181 Å². The molecule has 0 bridgehead atoms. The number of carbonyl (C=O) groups excluding carboxylic acids is 1. The lowest BCUT2D eigenvalue weighted by molar-refractivity contribution is -0.154. The van der Waals surface area contributed by atoms with E-state index in [1.807, 2.05) is 0 Å². The molecule has 0 amide bonds. The van der Waals surface area contributed by atoms with Crippen LogP contribution in [0.2, 0.25) is 0 Å². The second-order valence-electron chi connectivity index (χ2n) is 13.3. The van der Waals surface area contributed by atoms with Crippen molar-refractivity contribution in [3.63, 3.8) is 0 Å². The van der Waals surface area contributed by atoms with Crippen LogP contribution in [0.3, 0.4) is 0 Å². The number of allylic oxidation sites excluding steroid dienone is 12. The van der Waals surface area contributed by atoms with E-state index in [0.29, 0.717) is 13.0 Å². The van der Waals surface area contributed by atoms with Gasteiger partial charge in [0.1, 0.15) is 6.10 Å². The Labute approximate surface area is 304 Å². The van der Waals surface area contributed by atoms with E-state index in [0.717, 1.165) is 70.6 Å². The Bertz CT molecular complexity index is 850. The van der Waals surface area contributed by atoms with Crippen LogP contribution in [0.25, 0.3) is 0 Å². The van der Waals surface area contributed by atoms with Gasteiger partial charge in [0, 0.05) is 13.0 Å². The lowest BCUT2D eigenvalue weighted by atomic mass is 10.1. The molecule has 0 aromatic carbocycles. The summed E-state index contributed by atoms with van der Waals surface area (Å²) in [6, 6.07) is 0. The predicted octanol–water partition coefficient (Wildman–Crippen LogP) is 13.4. The largest absolute Gasteiger partial charge is 0.457 e. The average molecular weight is 683 g/mol. The normalized spacial score (nSPS) is 13.1. The van der Waals surface area contributed by atoms with Crippen molar-refractivity contribution in [2.45, 2.75) is 187 Å². The molecule has 0 aromatic heterocycles. The van der Waals surface area contributed by atoms with E-state index in [-0.39, 0.29) is 19.2 Å². The third kappa shape index (κ3) is 40.1. The van der Waals surface area contributed by atoms with Crippen LogP contribution >= 0.6 is 0 Å². The van der Waals surface area contributed by atoms with E-state index in [9.17, 15) is 9.90 Å². The quantitative estimate of drug-likeness (QED) is 0.0402. The molecule has 1 unspecified atom stereocenters. The third-order valence-electron chi connectivity index (χ3n) is 8.52. The summed E-state index contributed by atoms with van der Waals surface area (Å²) in [6.07, 6.45) is 56.7. The van der Waals surface area contributed by atoms with Crippen LogP contribution in [-0.4, -0.2) is 37.0 Å². The molecule has 0 rings (SSSR count). The summed E-state index contributed by atoms with van der Waals surface area (Å²) >= 11 is 0. The number of hydrogen-bond donors (Lipinski definition) is 1. The zero-order valence-corrected chi connectivity index (χ0v) is 32.2. The first-order valence-corrected chi connectivity index (χ1v) is 20.5. The fourth-order valence-corrected chi connectivity index (χ4v) is 5.47. The van der Waals surface area contributed by atoms with Crippen LogP contribution in [0.15, 0.2) is 72.9 Å². The minimum Gasteiger partial charge on any atom is -0.457 e. The monoisotopic (exact) mass is 683 g/mol. The number of hydrogen-bond acceptors (Lipinski definition) is 4. The first kappa shape index (κ1) is 46.8. The van der Waals surface area contributed by atoms with Gasteiger partial charge < -0.3 is 14.6 Å². The molecule has 0 aliphatic heterocycles. The van der Waals surface area contributed by atoms with Crippen molar-refractivity contribution >= 4 is 5.97 Å². The Morgan fingerprint density at radius 1 is 0.510 bits per heavy atom. The lowest BCUT2D eigenvalue weighted by Crippen LogP contribution is -2.27. The summed E-state index contributed by atoms with van der Waals surface area (Å²) < 4.78 is 11.1. The molecule has 0 aliphatic carbocycles. The molecule has 0 radical (unpaired) electrons. The smallest absolute Gasteiger partial charge is 0.306 e. The van der Waals surface area contributed by atoms with E-state index >= 15 is 0 Å². The summed E-state index contributed by atoms with van der Waals surface area (Å²) in [6.45, 7) is 5.17. The Kier molecular flexibility index (Phi) is 40.1. The summed E-state index contributed by atoms with van der Waals surface area (Å²) in [5.41, 5.74) is 0. The van der Waals surface area contributed by atoms with Crippen molar-refractivity contribution in [1.82, 2.24) is 0 Å². The second-order valence-corrected chi connectivity index (χ2v) is 13.3. The molecular formula is C45H78O4. The van der Waals surface area contributed by atoms with Crippen LogP contribution in [0.5, 0.6) is 0 Å². The summed E-state index contributed by atoms with van der Waals surface area (Å²) in [5, 5.41) is 9.59. The maximum Gasteiger partial charge on any atom is 0.306 e. The van der Waals surface area contributed by atoms with Crippen molar-refractivity contribution in [3.05, 3.63) is 72.9 Å². The topological polar surface area (TPSA) is 55.8 Å². The van der Waals surface area contributed by atoms with Crippen LogP contribution in [0.4, 0.5) is 0 Å². The Morgan fingerprint density at radius 3 is 1.39 bits per heavy atom. The number of ether oxygens (including phenoxy) is 2. The molecule has 0 saturated heterocycles. The van der Waals surface area contributed by atoms with E-state index in [1.54, 1.807) is 0 Å². The molecule has 0 heterocycles. The summed E-state index contributed by atoms with van der Waals surface area (Å²) in [4.78, 5) is 12.2. The predicted molar refractivity (Wildman–Crippen MR) is 214 cm³/mol. The van der Waals surface area contributed by atoms with Crippen molar-refractivity contribution in [2.75, 3.05) is 19.8 Å². The molecule has 0 spiro atoms. The van der Waals surface area contributed by atoms with E-state index in [4.69, 9.17) is 9.47 Å². The molecule has 4 nitrogen and oxygen atoms in total. The highest BCUT2D eigenvalue weighted by Crippen LogP contribution is 2.12. The van der Waals surface area contributed by atoms with Gasteiger partial charge in [-0.25, -0.2) is 0 Å². The molecule has 49 heavy (non-hydrogen) atoms. The van der Waals surface area contributed by atoms with Gasteiger partial charge in [0.05, 0.1) is 13.2 Å². The Hall–Kier alpha value is -2.17. The number of carbonyl (C=O) groups is 1. The number of rotatable bonds is 37. The van der Waals surface area contributed by atoms with Crippen molar-refractivity contribution < 1.29 is 19.4 Å². The highest BCUT2D eigenvalue weighted by molar-refractivity contribution is 5.69. The van der Waals surface area contributed by atoms with Gasteiger partial charge in [-0.2, -0.15) is 0 Å². The summed E-state index contributed by atoms with van der Waals surface area (Å²) in [7, 11) is 0. The van der Waals surface area contributed by atoms with Gasteiger partial charge in [0.25, 0.3) is 0 Å². The summed E-state index contributed by atoms with van der Waals surface area (Å²) in [5.74, 6) is -0.227.